The van der Waals surface area contributed by atoms with Gasteiger partial charge in [0.25, 0.3) is 0 Å². The Bertz CT molecular complexity index is 647. The molecule has 1 heterocycles. The zero-order valence-corrected chi connectivity index (χ0v) is 10.2. The fourth-order valence-corrected chi connectivity index (χ4v) is 2.50. The Hall–Kier alpha value is -2.16. The maximum Gasteiger partial charge on any atom is 0.141 e. The average Bonchev–Trinajstić information content (AvgIpc) is 2.68. The van der Waals surface area contributed by atoms with Crippen molar-refractivity contribution >= 4 is 11.6 Å². The van der Waals surface area contributed by atoms with Gasteiger partial charge in [-0.25, -0.2) is 4.98 Å². The van der Waals surface area contributed by atoms with Gasteiger partial charge in [0.2, 0.25) is 0 Å². The third kappa shape index (κ3) is 1.78. The number of fused-ring (bicyclic) bond motifs is 1. The molecule has 1 aromatic carbocycles. The van der Waals surface area contributed by atoms with Gasteiger partial charge in [-0.3, -0.25) is 4.79 Å². The Morgan fingerprint density at radius 2 is 1.94 bits per heavy atom. The van der Waals surface area contributed by atoms with Gasteiger partial charge >= 0.3 is 0 Å². The molecule has 3 heteroatoms. The molecule has 0 atom stereocenters. The second-order valence-electron chi connectivity index (χ2n) is 4.80. The van der Waals surface area contributed by atoms with Crippen molar-refractivity contribution in [3.8, 4) is 11.1 Å². The maximum absolute atomic E-state index is 11.4. The van der Waals surface area contributed by atoms with Crippen LogP contribution in [0.4, 0.5) is 5.82 Å². The molecule has 2 aromatic rings. The number of benzene rings is 1. The topological polar surface area (TPSA) is 56.0 Å². The molecule has 0 radical (unpaired) electrons. The molecule has 0 bridgehead atoms. The molecule has 0 unspecified atom stereocenters. The molecule has 18 heavy (non-hydrogen) atoms. The number of aromatic nitrogens is 1. The van der Waals surface area contributed by atoms with Gasteiger partial charge in [0.1, 0.15) is 11.6 Å². The van der Waals surface area contributed by atoms with Crippen LogP contribution < -0.4 is 5.73 Å². The van der Waals surface area contributed by atoms with E-state index in [2.05, 4.69) is 17.1 Å². The normalized spacial score (nSPS) is 13.7. The van der Waals surface area contributed by atoms with E-state index >= 15 is 0 Å². The molecule has 1 aliphatic rings. The molecule has 0 spiro atoms. The molecular weight excluding hydrogens is 224 g/mol. The lowest BCUT2D eigenvalue weighted by Crippen LogP contribution is -1.93. The molecule has 0 saturated carbocycles. The van der Waals surface area contributed by atoms with E-state index in [9.17, 15) is 4.79 Å². The molecule has 0 fully saturated rings. The van der Waals surface area contributed by atoms with Crippen molar-refractivity contribution in [3.05, 3.63) is 47.2 Å². The van der Waals surface area contributed by atoms with Crippen LogP contribution in [0.5, 0.6) is 0 Å². The summed E-state index contributed by atoms with van der Waals surface area (Å²) in [5.41, 5.74) is 11.2. The van der Waals surface area contributed by atoms with E-state index < -0.39 is 0 Å². The number of nitrogens with zero attached hydrogens (tertiary/aromatic N) is 1. The van der Waals surface area contributed by atoms with Crippen LogP contribution in [0.2, 0.25) is 0 Å². The van der Waals surface area contributed by atoms with Gasteiger partial charge in [-0.2, -0.15) is 0 Å². The summed E-state index contributed by atoms with van der Waals surface area (Å²) in [6.07, 6.45) is 2.93. The van der Waals surface area contributed by atoms with Gasteiger partial charge in [0.05, 0.1) is 0 Å². The number of nitrogens with two attached hydrogens (primary N) is 1. The number of carbonyl (C=O) groups excluding carboxylic acids is 1. The van der Waals surface area contributed by atoms with E-state index in [0.717, 1.165) is 27.8 Å². The van der Waals surface area contributed by atoms with Crippen molar-refractivity contribution in [1.29, 1.82) is 0 Å². The molecule has 2 N–H and O–H groups in total. The van der Waals surface area contributed by atoms with Gasteiger partial charge in [0.15, 0.2) is 0 Å². The second-order valence-corrected chi connectivity index (χ2v) is 4.80. The summed E-state index contributed by atoms with van der Waals surface area (Å²) in [4.78, 5) is 15.6. The van der Waals surface area contributed by atoms with Gasteiger partial charge < -0.3 is 5.73 Å². The molecule has 0 aliphatic heterocycles. The molecule has 90 valence electrons. The smallest absolute Gasteiger partial charge is 0.141 e. The van der Waals surface area contributed by atoms with Crippen molar-refractivity contribution in [2.24, 2.45) is 0 Å². The summed E-state index contributed by atoms with van der Waals surface area (Å²) in [7, 11) is 0. The molecule has 0 amide bonds. The Balaban J connectivity index is 2.08. The summed E-state index contributed by atoms with van der Waals surface area (Å²) < 4.78 is 0. The van der Waals surface area contributed by atoms with Gasteiger partial charge in [-0.1, -0.05) is 18.2 Å². The Morgan fingerprint density at radius 1 is 1.17 bits per heavy atom. The minimum Gasteiger partial charge on any atom is -0.384 e. The van der Waals surface area contributed by atoms with Crippen molar-refractivity contribution < 1.29 is 4.79 Å². The van der Waals surface area contributed by atoms with E-state index in [1.54, 1.807) is 6.20 Å². The van der Waals surface area contributed by atoms with Crippen LogP contribution in [0.25, 0.3) is 11.1 Å². The maximum atomic E-state index is 11.4. The minimum absolute atomic E-state index is 0.300. The monoisotopic (exact) mass is 238 g/mol. The number of hydrogen-bond donors (Lipinski definition) is 1. The first-order valence-electron chi connectivity index (χ1n) is 5.99. The number of pyridine rings is 1. The molecule has 3 rings (SSSR count). The number of aryl methyl sites for hydroxylation is 1. The van der Waals surface area contributed by atoms with Crippen molar-refractivity contribution in [3.63, 3.8) is 0 Å². The zero-order valence-electron chi connectivity index (χ0n) is 10.2. The lowest BCUT2D eigenvalue weighted by Gasteiger charge is -2.08. The van der Waals surface area contributed by atoms with E-state index in [1.165, 1.54) is 0 Å². The number of rotatable bonds is 1. The fourth-order valence-electron chi connectivity index (χ4n) is 2.50. The highest BCUT2D eigenvalue weighted by molar-refractivity contribution is 5.88. The molecular formula is C15H14N2O. The Labute approximate surface area is 106 Å². The summed E-state index contributed by atoms with van der Waals surface area (Å²) in [6.45, 7) is 2.02. The van der Waals surface area contributed by atoms with E-state index in [0.29, 0.717) is 24.4 Å². The summed E-state index contributed by atoms with van der Waals surface area (Å²) in [5, 5.41) is 0. The van der Waals surface area contributed by atoms with Crippen LogP contribution in [0.15, 0.2) is 30.5 Å². The third-order valence-corrected chi connectivity index (χ3v) is 3.42. The fraction of sp³-hybridized carbons (Fsp3) is 0.200. The molecule has 0 saturated heterocycles. The van der Waals surface area contributed by atoms with Gasteiger partial charge in [-0.15, -0.1) is 0 Å². The summed E-state index contributed by atoms with van der Waals surface area (Å²) in [6, 6.07) is 8.07. The standard InChI is InChI=1S/C15H14N2O/c1-9-4-15(16)17-8-14(9)11-3-2-10-6-13(18)7-12(10)5-11/h2-5,8H,6-7H2,1H3,(H2,16,17). The van der Waals surface area contributed by atoms with Crippen LogP contribution in [-0.4, -0.2) is 10.8 Å². The lowest BCUT2D eigenvalue weighted by molar-refractivity contribution is -0.117. The molecule has 1 aromatic heterocycles. The first-order valence-corrected chi connectivity index (χ1v) is 5.99. The predicted octanol–water partition coefficient (Wildman–Crippen LogP) is 2.31. The van der Waals surface area contributed by atoms with Crippen LogP contribution in [0.3, 0.4) is 0 Å². The lowest BCUT2D eigenvalue weighted by atomic mass is 9.99. The summed E-state index contributed by atoms with van der Waals surface area (Å²) in [5.74, 6) is 0.835. The number of ketones is 1. The van der Waals surface area contributed by atoms with E-state index in [1.807, 2.05) is 19.1 Å². The SMILES string of the molecule is Cc1cc(N)ncc1-c1ccc2c(c1)CC(=O)C2. The van der Waals surface area contributed by atoms with Crippen molar-refractivity contribution in [2.45, 2.75) is 19.8 Å². The van der Waals surface area contributed by atoms with Crippen LogP contribution in [0.1, 0.15) is 16.7 Å². The number of anilines is 1. The van der Waals surface area contributed by atoms with Crippen LogP contribution >= 0.6 is 0 Å². The Morgan fingerprint density at radius 3 is 2.72 bits per heavy atom. The van der Waals surface area contributed by atoms with Crippen LogP contribution in [-0.2, 0) is 17.6 Å². The number of Topliss-reactive ketones (excluding diaryl/α,β-unsaturated/α-hetero) is 1. The first kappa shape index (κ1) is 11.0. The van der Waals surface area contributed by atoms with Gasteiger partial charge in [0, 0.05) is 24.6 Å². The average molecular weight is 238 g/mol. The largest absolute Gasteiger partial charge is 0.384 e. The molecule has 1 aliphatic carbocycles. The number of nitrogen functional groups attached to an aromatic ring is 1. The zero-order chi connectivity index (χ0) is 12.7. The highest BCUT2D eigenvalue weighted by Crippen LogP contribution is 2.28. The second kappa shape index (κ2) is 3.95. The van der Waals surface area contributed by atoms with Crippen molar-refractivity contribution in [1.82, 2.24) is 4.98 Å². The summed E-state index contributed by atoms with van der Waals surface area (Å²) >= 11 is 0. The first-order chi connectivity index (χ1) is 8.63. The third-order valence-electron chi connectivity index (χ3n) is 3.42. The number of hydrogen-bond acceptors (Lipinski definition) is 3. The van der Waals surface area contributed by atoms with E-state index in [4.69, 9.17) is 5.73 Å². The minimum atomic E-state index is 0.300. The van der Waals surface area contributed by atoms with Gasteiger partial charge in [-0.05, 0) is 35.2 Å². The quantitative estimate of drug-likeness (QED) is 0.829. The highest BCUT2D eigenvalue weighted by atomic mass is 16.1. The van der Waals surface area contributed by atoms with Crippen molar-refractivity contribution in [2.75, 3.05) is 5.73 Å². The molecule has 3 nitrogen and oxygen atoms in total. The Kier molecular flexibility index (Phi) is 2.40. The van der Waals surface area contributed by atoms with Crippen LogP contribution in [0, 0.1) is 6.92 Å². The predicted molar refractivity (Wildman–Crippen MR) is 71.2 cm³/mol. The van der Waals surface area contributed by atoms with E-state index in [-0.39, 0.29) is 0 Å². The number of carbonyl (C=O) groups is 1. The highest BCUT2D eigenvalue weighted by Gasteiger charge is 2.18.